The molecule has 4 nitrogen and oxygen atoms in total. The van der Waals surface area contributed by atoms with Crippen LogP contribution in [0.1, 0.15) is 103 Å². The Balaban J connectivity index is 2.83. The minimum atomic E-state index is -4.08. The zero-order valence-electron chi connectivity index (χ0n) is 18.8. The Morgan fingerprint density at radius 1 is 0.862 bits per heavy atom. The molecule has 0 aliphatic carbocycles. The molecule has 0 saturated heterocycles. The largest absolute Gasteiger partial charge is 0.492 e. The van der Waals surface area contributed by atoms with Gasteiger partial charge in [0, 0.05) is 0 Å². The second kappa shape index (κ2) is 14.8. The van der Waals surface area contributed by atoms with Crippen LogP contribution < -0.4 is 4.74 Å². The van der Waals surface area contributed by atoms with Crippen molar-refractivity contribution >= 4 is 10.1 Å². The Bertz CT molecular complexity index is 655. The number of ether oxygens (including phenoxy) is 1. The standard InChI is InChI=1S/C24H42O4S/c1-4-7-9-11-13-16-21-17-15-19-24(23(21)18-14-12-10-8-5-2)28-20-22(6-3)29(25,26)27/h15,17,19,22H,4-14,16,18,20H2,1-3H3,(H,25,26,27). The topological polar surface area (TPSA) is 63.6 Å². The molecule has 5 heteroatoms. The summed E-state index contributed by atoms with van der Waals surface area (Å²) in [4.78, 5) is 0. The van der Waals surface area contributed by atoms with Crippen molar-refractivity contribution < 1.29 is 17.7 Å². The van der Waals surface area contributed by atoms with Crippen molar-refractivity contribution in [2.75, 3.05) is 6.61 Å². The summed E-state index contributed by atoms with van der Waals surface area (Å²) in [5.74, 6) is 0.786. The number of rotatable bonds is 17. The quantitative estimate of drug-likeness (QED) is 0.221. The molecule has 0 fully saturated rings. The highest BCUT2D eigenvalue weighted by atomic mass is 32.2. The maximum atomic E-state index is 11.5. The van der Waals surface area contributed by atoms with Gasteiger partial charge in [-0.25, -0.2) is 0 Å². The number of benzene rings is 1. The van der Waals surface area contributed by atoms with Crippen molar-refractivity contribution in [3.8, 4) is 5.75 Å². The van der Waals surface area contributed by atoms with Gasteiger partial charge in [0.05, 0.1) is 0 Å². The van der Waals surface area contributed by atoms with Crippen LogP contribution in [0.4, 0.5) is 0 Å². The molecule has 0 aliphatic rings. The Labute approximate surface area is 179 Å². The lowest BCUT2D eigenvalue weighted by atomic mass is 9.95. The normalized spacial score (nSPS) is 12.8. The fourth-order valence-electron chi connectivity index (χ4n) is 3.69. The second-order valence-corrected chi connectivity index (χ2v) is 9.78. The maximum absolute atomic E-state index is 11.5. The molecule has 0 bridgehead atoms. The summed E-state index contributed by atoms with van der Waals surface area (Å²) in [7, 11) is -4.08. The molecule has 0 aromatic heterocycles. The summed E-state index contributed by atoms with van der Waals surface area (Å²) in [6.07, 6.45) is 14.7. The zero-order chi connectivity index (χ0) is 21.5. The maximum Gasteiger partial charge on any atom is 0.271 e. The van der Waals surface area contributed by atoms with E-state index in [1.807, 2.05) is 12.1 Å². The van der Waals surface area contributed by atoms with Crippen molar-refractivity contribution in [2.45, 2.75) is 109 Å². The van der Waals surface area contributed by atoms with Gasteiger partial charge in [0.15, 0.2) is 0 Å². The van der Waals surface area contributed by atoms with Crippen molar-refractivity contribution in [1.29, 1.82) is 0 Å². The first kappa shape index (κ1) is 26.0. The first-order valence-electron chi connectivity index (χ1n) is 11.6. The highest BCUT2D eigenvalue weighted by Gasteiger charge is 2.22. The van der Waals surface area contributed by atoms with Crippen molar-refractivity contribution in [3.63, 3.8) is 0 Å². The van der Waals surface area contributed by atoms with Gasteiger partial charge in [0.25, 0.3) is 10.1 Å². The zero-order valence-corrected chi connectivity index (χ0v) is 19.6. The van der Waals surface area contributed by atoms with E-state index < -0.39 is 15.4 Å². The van der Waals surface area contributed by atoms with Gasteiger partial charge >= 0.3 is 0 Å². The van der Waals surface area contributed by atoms with E-state index in [0.29, 0.717) is 6.42 Å². The van der Waals surface area contributed by atoms with Crippen LogP contribution in [0.15, 0.2) is 18.2 Å². The van der Waals surface area contributed by atoms with Gasteiger partial charge in [-0.05, 0) is 49.3 Å². The first-order valence-corrected chi connectivity index (χ1v) is 13.1. The van der Waals surface area contributed by atoms with Crippen LogP contribution in [0.5, 0.6) is 5.75 Å². The summed E-state index contributed by atoms with van der Waals surface area (Å²) in [6, 6.07) is 6.14. The summed E-state index contributed by atoms with van der Waals surface area (Å²) in [6.45, 7) is 6.20. The lowest BCUT2D eigenvalue weighted by molar-refractivity contribution is 0.298. The summed E-state index contributed by atoms with van der Waals surface area (Å²) in [5, 5.41) is -0.877. The molecule has 1 aromatic rings. The van der Waals surface area contributed by atoms with E-state index in [0.717, 1.165) is 25.0 Å². The molecule has 1 atom stereocenters. The minimum absolute atomic E-state index is 0.00186. The van der Waals surface area contributed by atoms with E-state index in [-0.39, 0.29) is 6.61 Å². The molecule has 0 heterocycles. The van der Waals surface area contributed by atoms with E-state index in [9.17, 15) is 13.0 Å². The lowest BCUT2D eigenvalue weighted by Gasteiger charge is -2.18. The van der Waals surface area contributed by atoms with Gasteiger partial charge in [-0.2, -0.15) is 8.42 Å². The Morgan fingerprint density at radius 3 is 2.00 bits per heavy atom. The van der Waals surface area contributed by atoms with Crippen LogP contribution in [-0.4, -0.2) is 24.8 Å². The van der Waals surface area contributed by atoms with Crippen LogP contribution in [0.3, 0.4) is 0 Å². The van der Waals surface area contributed by atoms with E-state index in [1.165, 1.54) is 68.9 Å². The number of hydrogen-bond acceptors (Lipinski definition) is 3. The molecule has 29 heavy (non-hydrogen) atoms. The van der Waals surface area contributed by atoms with Crippen molar-refractivity contribution in [1.82, 2.24) is 0 Å². The van der Waals surface area contributed by atoms with E-state index >= 15 is 0 Å². The molecular weight excluding hydrogens is 384 g/mol. The summed E-state index contributed by atoms with van der Waals surface area (Å²) < 4.78 is 38.3. The predicted molar refractivity (Wildman–Crippen MR) is 122 cm³/mol. The molecule has 1 N–H and O–H groups in total. The van der Waals surface area contributed by atoms with Crippen LogP contribution in [-0.2, 0) is 23.0 Å². The Hall–Kier alpha value is -1.07. The number of aryl methyl sites for hydroxylation is 1. The third-order valence-electron chi connectivity index (χ3n) is 5.61. The minimum Gasteiger partial charge on any atom is -0.492 e. The third kappa shape index (κ3) is 10.5. The SMILES string of the molecule is CCCCCCCc1cccc(OCC(CC)S(=O)(=O)O)c1CCCCCCC. The molecule has 0 aliphatic heterocycles. The highest BCUT2D eigenvalue weighted by molar-refractivity contribution is 7.86. The van der Waals surface area contributed by atoms with E-state index in [1.54, 1.807) is 6.92 Å². The van der Waals surface area contributed by atoms with Crippen LogP contribution in [0, 0.1) is 0 Å². The van der Waals surface area contributed by atoms with Crippen LogP contribution in [0.25, 0.3) is 0 Å². The fraction of sp³-hybridized carbons (Fsp3) is 0.750. The Morgan fingerprint density at radius 2 is 1.45 bits per heavy atom. The summed E-state index contributed by atoms with van der Waals surface area (Å²) >= 11 is 0. The molecule has 0 amide bonds. The fourth-order valence-corrected chi connectivity index (χ4v) is 4.35. The second-order valence-electron chi connectivity index (χ2n) is 8.08. The molecule has 0 saturated carbocycles. The monoisotopic (exact) mass is 426 g/mol. The first-order chi connectivity index (χ1) is 13.9. The Kier molecular flexibility index (Phi) is 13.3. The van der Waals surface area contributed by atoms with Gasteiger partial charge < -0.3 is 4.74 Å². The highest BCUT2D eigenvalue weighted by Crippen LogP contribution is 2.27. The van der Waals surface area contributed by atoms with Crippen molar-refractivity contribution in [2.24, 2.45) is 0 Å². The van der Waals surface area contributed by atoms with Crippen LogP contribution in [0.2, 0.25) is 0 Å². The molecule has 168 valence electrons. The lowest BCUT2D eigenvalue weighted by Crippen LogP contribution is -2.27. The average Bonchev–Trinajstić information content (AvgIpc) is 2.68. The van der Waals surface area contributed by atoms with E-state index in [4.69, 9.17) is 4.74 Å². The van der Waals surface area contributed by atoms with Gasteiger partial charge in [-0.3, -0.25) is 4.55 Å². The molecule has 1 unspecified atom stereocenters. The number of unbranched alkanes of at least 4 members (excludes halogenated alkanes) is 8. The number of hydrogen-bond donors (Lipinski definition) is 1. The molecule has 1 rings (SSSR count). The third-order valence-corrected chi connectivity index (χ3v) is 6.92. The van der Waals surface area contributed by atoms with E-state index in [2.05, 4.69) is 19.9 Å². The summed E-state index contributed by atoms with van der Waals surface area (Å²) in [5.41, 5.74) is 2.55. The van der Waals surface area contributed by atoms with Gasteiger partial charge in [-0.15, -0.1) is 0 Å². The van der Waals surface area contributed by atoms with Crippen LogP contribution >= 0.6 is 0 Å². The van der Waals surface area contributed by atoms with Gasteiger partial charge in [0.1, 0.15) is 17.6 Å². The molecule has 0 spiro atoms. The molecular formula is C24H42O4S. The van der Waals surface area contributed by atoms with Gasteiger partial charge in [-0.1, -0.05) is 84.3 Å². The smallest absolute Gasteiger partial charge is 0.271 e. The van der Waals surface area contributed by atoms with Gasteiger partial charge in [0.2, 0.25) is 0 Å². The van der Waals surface area contributed by atoms with Crippen molar-refractivity contribution in [3.05, 3.63) is 29.3 Å². The molecule has 1 aromatic carbocycles. The molecule has 0 radical (unpaired) electrons. The average molecular weight is 427 g/mol. The predicted octanol–water partition coefficient (Wildman–Crippen LogP) is 6.76.